The van der Waals surface area contributed by atoms with Gasteiger partial charge >= 0.3 is 5.97 Å². The number of pyridine rings is 1. The van der Waals surface area contributed by atoms with Crippen LogP contribution in [0.5, 0.6) is 0 Å². The average molecular weight is 469 g/mol. The topological polar surface area (TPSA) is 77.5 Å². The number of anilines is 1. The molecule has 1 aromatic carbocycles. The van der Waals surface area contributed by atoms with Gasteiger partial charge in [0, 0.05) is 30.1 Å². The molecule has 0 aliphatic rings. The molecule has 34 heavy (non-hydrogen) atoms. The monoisotopic (exact) mass is 468 g/mol. The number of hydrogen-bond donors (Lipinski definition) is 1. The van der Waals surface area contributed by atoms with E-state index < -0.39 is 23.3 Å². The molecule has 0 spiro atoms. The highest BCUT2D eigenvalue weighted by molar-refractivity contribution is 5.81. The summed E-state index contributed by atoms with van der Waals surface area (Å²) >= 11 is 0. The zero-order chi connectivity index (χ0) is 25.1. The van der Waals surface area contributed by atoms with E-state index in [1.165, 1.54) is 18.2 Å². The predicted molar refractivity (Wildman–Crippen MR) is 132 cm³/mol. The van der Waals surface area contributed by atoms with Gasteiger partial charge in [-0.3, -0.25) is 9.78 Å². The molecule has 6 nitrogen and oxygen atoms in total. The Morgan fingerprint density at radius 3 is 2.68 bits per heavy atom. The molecule has 2 atom stereocenters. The number of ether oxygens (including phenoxy) is 2. The van der Waals surface area contributed by atoms with Gasteiger partial charge < -0.3 is 14.8 Å². The molecule has 0 bridgehead atoms. The van der Waals surface area contributed by atoms with Crippen molar-refractivity contribution in [1.82, 2.24) is 4.98 Å². The Kier molecular flexibility index (Phi) is 10.2. The molecule has 0 saturated carbocycles. The van der Waals surface area contributed by atoms with E-state index in [9.17, 15) is 14.0 Å². The van der Waals surface area contributed by atoms with Gasteiger partial charge in [0.2, 0.25) is 0 Å². The molecule has 1 N–H and O–H groups in total. The van der Waals surface area contributed by atoms with Crippen molar-refractivity contribution in [3.8, 4) is 11.1 Å². The number of nitrogens with one attached hydrogen (secondary N) is 1. The van der Waals surface area contributed by atoms with Crippen LogP contribution in [0.3, 0.4) is 0 Å². The van der Waals surface area contributed by atoms with Crippen LogP contribution in [0.25, 0.3) is 11.1 Å². The van der Waals surface area contributed by atoms with Gasteiger partial charge in [0.15, 0.2) is 0 Å². The average Bonchev–Trinajstić information content (AvgIpc) is 2.79. The first kappa shape index (κ1) is 27.0. The highest BCUT2D eigenvalue weighted by Crippen LogP contribution is 2.32. The normalized spacial score (nSPS) is 12.9. The third-order valence-corrected chi connectivity index (χ3v) is 4.89. The zero-order valence-corrected chi connectivity index (χ0v) is 20.3. The number of benzene rings is 1. The van der Waals surface area contributed by atoms with Gasteiger partial charge in [0.1, 0.15) is 23.3 Å². The molecule has 0 aliphatic carbocycles. The fourth-order valence-electron chi connectivity index (χ4n) is 3.40. The lowest BCUT2D eigenvalue weighted by atomic mass is 9.96. The second kappa shape index (κ2) is 12.8. The molecule has 2 rings (SSSR count). The van der Waals surface area contributed by atoms with Crippen LogP contribution in [0.2, 0.25) is 0 Å². The summed E-state index contributed by atoms with van der Waals surface area (Å²) in [6.07, 6.45) is 5.39. The lowest BCUT2D eigenvalue weighted by molar-refractivity contribution is -0.156. The van der Waals surface area contributed by atoms with Gasteiger partial charge in [-0.1, -0.05) is 6.08 Å². The van der Waals surface area contributed by atoms with Crippen molar-refractivity contribution in [2.75, 3.05) is 18.5 Å². The summed E-state index contributed by atoms with van der Waals surface area (Å²) in [5.74, 6) is 0.353. The molecule has 2 aromatic rings. The first-order valence-corrected chi connectivity index (χ1v) is 11.3. The van der Waals surface area contributed by atoms with Crippen molar-refractivity contribution in [3.63, 3.8) is 0 Å². The SMILES string of the molecule is C=CCC(C(=O)OC(C)(C)C)c1cc(-c2cc(F)ccc2NC(CC=C=O)COCC)ccn1. The summed E-state index contributed by atoms with van der Waals surface area (Å²) in [6.45, 7) is 12.0. The van der Waals surface area contributed by atoms with Crippen molar-refractivity contribution in [1.29, 1.82) is 0 Å². The van der Waals surface area contributed by atoms with Crippen molar-refractivity contribution in [3.05, 3.63) is 66.8 Å². The van der Waals surface area contributed by atoms with E-state index in [0.717, 1.165) is 0 Å². The fraction of sp³-hybridized carbons (Fsp3) is 0.407. The van der Waals surface area contributed by atoms with Gasteiger partial charge in [-0.2, -0.15) is 0 Å². The molecule has 2 unspecified atom stereocenters. The van der Waals surface area contributed by atoms with E-state index >= 15 is 0 Å². The summed E-state index contributed by atoms with van der Waals surface area (Å²) < 4.78 is 25.4. The second-order valence-corrected chi connectivity index (χ2v) is 8.83. The number of nitrogens with zero attached hydrogens (tertiary/aromatic N) is 1. The van der Waals surface area contributed by atoms with E-state index in [0.29, 0.717) is 48.6 Å². The van der Waals surface area contributed by atoms with Gasteiger partial charge in [-0.15, -0.1) is 6.58 Å². The van der Waals surface area contributed by atoms with Crippen molar-refractivity contribution in [2.45, 2.75) is 58.1 Å². The minimum Gasteiger partial charge on any atom is -0.459 e. The third-order valence-electron chi connectivity index (χ3n) is 4.89. The van der Waals surface area contributed by atoms with Crippen molar-refractivity contribution in [2.24, 2.45) is 0 Å². The Labute approximate surface area is 200 Å². The molecule has 0 aliphatic heterocycles. The lowest BCUT2D eigenvalue weighted by Gasteiger charge is -2.24. The lowest BCUT2D eigenvalue weighted by Crippen LogP contribution is -2.28. The molecule has 182 valence electrons. The highest BCUT2D eigenvalue weighted by atomic mass is 19.1. The van der Waals surface area contributed by atoms with Crippen LogP contribution in [0.15, 0.2) is 55.3 Å². The Morgan fingerprint density at radius 2 is 2.03 bits per heavy atom. The van der Waals surface area contributed by atoms with E-state index in [2.05, 4.69) is 16.9 Å². The number of hydrogen-bond acceptors (Lipinski definition) is 6. The van der Waals surface area contributed by atoms with Gasteiger partial charge in [-0.05, 0) is 76.4 Å². The molecule has 0 fully saturated rings. The Morgan fingerprint density at radius 1 is 1.26 bits per heavy atom. The van der Waals surface area contributed by atoms with E-state index in [1.807, 2.05) is 27.7 Å². The van der Waals surface area contributed by atoms with Crippen LogP contribution in [-0.4, -0.2) is 41.8 Å². The van der Waals surface area contributed by atoms with E-state index in [-0.39, 0.29) is 6.04 Å². The fourth-order valence-corrected chi connectivity index (χ4v) is 3.40. The number of carbonyl (C=O) groups excluding carboxylic acids is 2. The van der Waals surface area contributed by atoms with Gasteiger partial charge in [0.05, 0.1) is 18.3 Å². The van der Waals surface area contributed by atoms with Gasteiger partial charge in [-0.25, -0.2) is 9.18 Å². The summed E-state index contributed by atoms with van der Waals surface area (Å²) in [5.41, 5.74) is 1.82. The van der Waals surface area contributed by atoms with E-state index in [1.54, 1.807) is 36.4 Å². The van der Waals surface area contributed by atoms with Crippen LogP contribution >= 0.6 is 0 Å². The first-order chi connectivity index (χ1) is 16.2. The minimum absolute atomic E-state index is 0.206. The third kappa shape index (κ3) is 8.25. The maximum absolute atomic E-state index is 14.3. The quantitative estimate of drug-likeness (QED) is 0.252. The largest absolute Gasteiger partial charge is 0.459 e. The Balaban J connectivity index is 2.44. The molecule has 0 saturated heterocycles. The summed E-state index contributed by atoms with van der Waals surface area (Å²) in [4.78, 5) is 27.9. The number of esters is 1. The standard InChI is InChI=1S/C27H33FN2O4/c1-6-9-22(26(32)34-27(3,4)5)25-16-19(13-14-29-25)23-17-20(28)11-12-24(23)30-21(10-8-15-31)18-33-7-2/h6,8,11-14,16-17,21-22,30H,1,7,9-10,18H2,2-5H3. The van der Waals surface area contributed by atoms with Crippen LogP contribution in [0.4, 0.5) is 10.1 Å². The number of allylic oxidation sites excluding steroid dienone is 1. The molecule has 0 radical (unpaired) electrons. The van der Waals surface area contributed by atoms with Crippen molar-refractivity contribution >= 4 is 17.6 Å². The molecular weight excluding hydrogens is 435 g/mol. The second-order valence-electron chi connectivity index (χ2n) is 8.83. The number of halogens is 1. The molecular formula is C27H33FN2O4. The smallest absolute Gasteiger partial charge is 0.315 e. The van der Waals surface area contributed by atoms with Crippen molar-refractivity contribution < 1.29 is 23.5 Å². The van der Waals surface area contributed by atoms with Gasteiger partial charge in [0.25, 0.3) is 0 Å². The van der Waals surface area contributed by atoms with E-state index in [4.69, 9.17) is 9.47 Å². The molecule has 1 heterocycles. The Hall–Kier alpha value is -3.28. The Bertz CT molecular complexity index is 1030. The highest BCUT2D eigenvalue weighted by Gasteiger charge is 2.27. The first-order valence-electron chi connectivity index (χ1n) is 11.3. The molecule has 7 heteroatoms. The summed E-state index contributed by atoms with van der Waals surface area (Å²) in [5, 5.41) is 3.34. The molecule has 1 aromatic heterocycles. The maximum Gasteiger partial charge on any atom is 0.315 e. The summed E-state index contributed by atoms with van der Waals surface area (Å²) in [7, 11) is 0. The maximum atomic E-state index is 14.3. The number of rotatable bonds is 12. The van der Waals surface area contributed by atoms with Crippen LogP contribution in [-0.2, 0) is 19.1 Å². The summed E-state index contributed by atoms with van der Waals surface area (Å²) in [6, 6.07) is 7.74. The predicted octanol–water partition coefficient (Wildman–Crippen LogP) is 5.48. The van der Waals surface area contributed by atoms with Crippen LogP contribution in [0, 0.1) is 5.82 Å². The number of aromatic nitrogens is 1. The molecule has 0 amide bonds. The number of carbonyl (C=O) groups is 1. The van der Waals surface area contributed by atoms with Crippen LogP contribution in [0.1, 0.15) is 52.1 Å². The zero-order valence-electron chi connectivity index (χ0n) is 20.3. The van der Waals surface area contributed by atoms with Crippen LogP contribution < -0.4 is 5.32 Å². The minimum atomic E-state index is -0.640.